The molecule has 1 fully saturated rings. The molecule has 3 aromatic carbocycles. The topological polar surface area (TPSA) is 44.8 Å². The Morgan fingerprint density at radius 1 is 0.967 bits per heavy atom. The molecule has 1 heterocycles. The Hall–Kier alpha value is -3.05. The third kappa shape index (κ3) is 4.74. The number of fused-ring (bicyclic) bond motifs is 1. The van der Waals surface area contributed by atoms with Gasteiger partial charge in [-0.15, -0.1) is 0 Å². The smallest absolute Gasteiger partial charge is 0.265 e. The standard InChI is InChI=1S/C25H29N3O2/c1-3-24(30-23-13-8-19-6-4-5-7-20(19)18-23)25(29)26-21-9-11-22(12-10-21)28-16-14-27(2)15-17-28/h4-13,18,24H,3,14-17H2,1-2H3,(H,26,29)/t24-/m1/s1. The SMILES string of the molecule is CC[C@@H](Oc1ccc2ccccc2c1)C(=O)Nc1ccc(N2CCN(C)CC2)cc1. The molecular weight excluding hydrogens is 374 g/mol. The van der Waals surface area contributed by atoms with Gasteiger partial charge in [-0.1, -0.05) is 37.3 Å². The molecular formula is C25H29N3O2. The van der Waals surface area contributed by atoms with Crippen LogP contribution < -0.4 is 15.0 Å². The molecule has 0 aliphatic carbocycles. The van der Waals surface area contributed by atoms with Gasteiger partial charge in [0, 0.05) is 37.6 Å². The lowest BCUT2D eigenvalue weighted by atomic mass is 10.1. The highest BCUT2D eigenvalue weighted by atomic mass is 16.5. The fraction of sp³-hybridized carbons (Fsp3) is 0.320. The molecule has 1 saturated heterocycles. The Morgan fingerprint density at radius 3 is 2.37 bits per heavy atom. The van der Waals surface area contributed by atoms with Gasteiger partial charge in [-0.05, 0) is 60.6 Å². The van der Waals surface area contributed by atoms with Crippen molar-refractivity contribution in [1.82, 2.24) is 4.90 Å². The first-order valence-corrected chi connectivity index (χ1v) is 10.6. The maximum atomic E-state index is 12.8. The Kier molecular flexibility index (Phi) is 6.19. The zero-order valence-electron chi connectivity index (χ0n) is 17.7. The minimum Gasteiger partial charge on any atom is -0.481 e. The number of nitrogens with one attached hydrogen (secondary N) is 1. The molecule has 1 N–H and O–H groups in total. The van der Waals surface area contributed by atoms with Gasteiger partial charge in [0.2, 0.25) is 0 Å². The van der Waals surface area contributed by atoms with Crippen molar-refractivity contribution in [2.45, 2.75) is 19.4 Å². The summed E-state index contributed by atoms with van der Waals surface area (Å²) in [5.41, 5.74) is 1.99. The molecule has 0 saturated carbocycles. The molecule has 5 nitrogen and oxygen atoms in total. The summed E-state index contributed by atoms with van der Waals surface area (Å²) in [5, 5.41) is 5.25. The summed E-state index contributed by atoms with van der Waals surface area (Å²) in [6.07, 6.45) is 0.0568. The van der Waals surface area contributed by atoms with E-state index in [1.54, 1.807) is 0 Å². The van der Waals surface area contributed by atoms with Crippen LogP contribution in [0.5, 0.6) is 5.75 Å². The number of hydrogen-bond acceptors (Lipinski definition) is 4. The molecule has 30 heavy (non-hydrogen) atoms. The van der Waals surface area contributed by atoms with E-state index in [2.05, 4.69) is 40.4 Å². The number of likely N-dealkylation sites (N-methyl/N-ethyl adjacent to an activating group) is 1. The van der Waals surface area contributed by atoms with E-state index in [0.717, 1.165) is 42.6 Å². The molecule has 3 aromatic rings. The van der Waals surface area contributed by atoms with Crippen LogP contribution in [0.25, 0.3) is 10.8 Å². The van der Waals surface area contributed by atoms with Crippen molar-refractivity contribution in [3.05, 3.63) is 66.7 Å². The van der Waals surface area contributed by atoms with Crippen molar-refractivity contribution in [2.75, 3.05) is 43.4 Å². The zero-order chi connectivity index (χ0) is 20.9. The van der Waals surface area contributed by atoms with Crippen LogP contribution in [0.15, 0.2) is 66.7 Å². The van der Waals surface area contributed by atoms with Crippen molar-refractivity contribution in [1.29, 1.82) is 0 Å². The van der Waals surface area contributed by atoms with E-state index < -0.39 is 6.10 Å². The number of anilines is 2. The summed E-state index contributed by atoms with van der Waals surface area (Å²) < 4.78 is 6.01. The van der Waals surface area contributed by atoms with Crippen LogP contribution in [0, 0.1) is 0 Å². The van der Waals surface area contributed by atoms with E-state index in [0.29, 0.717) is 12.2 Å². The molecule has 0 radical (unpaired) electrons. The minimum atomic E-state index is -0.538. The number of ether oxygens (including phenoxy) is 1. The second kappa shape index (κ2) is 9.18. The molecule has 5 heteroatoms. The molecule has 1 atom stereocenters. The number of rotatable bonds is 6. The highest BCUT2D eigenvalue weighted by Crippen LogP contribution is 2.23. The highest BCUT2D eigenvalue weighted by molar-refractivity contribution is 5.94. The number of piperazine rings is 1. The van der Waals surface area contributed by atoms with Crippen LogP contribution >= 0.6 is 0 Å². The Bertz CT molecular complexity index is 995. The molecule has 1 aliphatic rings. The number of benzene rings is 3. The maximum Gasteiger partial charge on any atom is 0.265 e. The predicted molar refractivity (Wildman–Crippen MR) is 123 cm³/mol. The van der Waals surface area contributed by atoms with Crippen molar-refractivity contribution in [2.24, 2.45) is 0 Å². The Balaban J connectivity index is 1.38. The van der Waals surface area contributed by atoms with E-state index in [-0.39, 0.29) is 5.91 Å². The largest absolute Gasteiger partial charge is 0.481 e. The van der Waals surface area contributed by atoms with Crippen molar-refractivity contribution in [3.8, 4) is 5.75 Å². The van der Waals surface area contributed by atoms with Crippen LogP contribution in [-0.4, -0.2) is 50.1 Å². The summed E-state index contributed by atoms with van der Waals surface area (Å²) in [6, 6.07) is 22.1. The van der Waals surface area contributed by atoms with Crippen LogP contribution in [-0.2, 0) is 4.79 Å². The number of hydrogen-bond donors (Lipinski definition) is 1. The third-order valence-electron chi connectivity index (χ3n) is 5.67. The first kappa shape index (κ1) is 20.2. The van der Waals surface area contributed by atoms with Gasteiger partial charge in [-0.2, -0.15) is 0 Å². The Morgan fingerprint density at radius 2 is 1.67 bits per heavy atom. The summed E-state index contributed by atoms with van der Waals surface area (Å²) in [6.45, 7) is 6.16. The lowest BCUT2D eigenvalue weighted by Gasteiger charge is -2.34. The number of amides is 1. The van der Waals surface area contributed by atoms with Gasteiger partial charge in [0.25, 0.3) is 5.91 Å². The molecule has 0 spiro atoms. The van der Waals surface area contributed by atoms with Crippen LogP contribution in [0.4, 0.5) is 11.4 Å². The van der Waals surface area contributed by atoms with E-state index in [1.165, 1.54) is 5.69 Å². The van der Waals surface area contributed by atoms with Crippen molar-refractivity contribution < 1.29 is 9.53 Å². The number of carbonyl (C=O) groups is 1. The average Bonchev–Trinajstić information content (AvgIpc) is 2.78. The summed E-state index contributed by atoms with van der Waals surface area (Å²) in [7, 11) is 2.15. The fourth-order valence-electron chi connectivity index (χ4n) is 3.77. The van der Waals surface area contributed by atoms with E-state index in [4.69, 9.17) is 4.74 Å². The maximum absolute atomic E-state index is 12.8. The molecule has 1 aliphatic heterocycles. The van der Waals surface area contributed by atoms with Crippen LogP contribution in [0.3, 0.4) is 0 Å². The zero-order valence-corrected chi connectivity index (χ0v) is 17.7. The molecule has 4 rings (SSSR count). The second-order valence-corrected chi connectivity index (χ2v) is 7.85. The Labute approximate surface area is 178 Å². The molecule has 156 valence electrons. The molecule has 1 amide bonds. The number of nitrogens with zero attached hydrogens (tertiary/aromatic N) is 2. The first-order valence-electron chi connectivity index (χ1n) is 10.6. The monoisotopic (exact) mass is 403 g/mol. The third-order valence-corrected chi connectivity index (χ3v) is 5.67. The lowest BCUT2D eigenvalue weighted by Crippen LogP contribution is -2.44. The average molecular weight is 404 g/mol. The first-order chi connectivity index (χ1) is 14.6. The summed E-state index contributed by atoms with van der Waals surface area (Å²) >= 11 is 0. The van der Waals surface area contributed by atoms with Crippen molar-refractivity contribution >= 4 is 28.1 Å². The van der Waals surface area contributed by atoms with Crippen molar-refractivity contribution in [3.63, 3.8) is 0 Å². The van der Waals surface area contributed by atoms with Gasteiger partial charge in [0.15, 0.2) is 6.10 Å². The quantitative estimate of drug-likeness (QED) is 0.663. The molecule has 0 aromatic heterocycles. The van der Waals surface area contributed by atoms with E-state index in [9.17, 15) is 4.79 Å². The van der Waals surface area contributed by atoms with Gasteiger partial charge in [-0.25, -0.2) is 0 Å². The van der Waals surface area contributed by atoms with E-state index >= 15 is 0 Å². The predicted octanol–water partition coefficient (Wildman–Crippen LogP) is 4.39. The fourth-order valence-corrected chi connectivity index (χ4v) is 3.77. The molecule has 0 bridgehead atoms. The summed E-state index contributed by atoms with van der Waals surface area (Å²) in [5.74, 6) is 0.583. The van der Waals surface area contributed by atoms with E-state index in [1.807, 2.05) is 55.5 Å². The van der Waals surface area contributed by atoms with Gasteiger partial charge in [0.1, 0.15) is 5.75 Å². The van der Waals surface area contributed by atoms with Crippen LogP contribution in [0.2, 0.25) is 0 Å². The van der Waals surface area contributed by atoms with Gasteiger partial charge >= 0.3 is 0 Å². The van der Waals surface area contributed by atoms with Gasteiger partial charge in [-0.3, -0.25) is 4.79 Å². The number of carbonyl (C=O) groups excluding carboxylic acids is 1. The van der Waals surface area contributed by atoms with Crippen LogP contribution in [0.1, 0.15) is 13.3 Å². The highest BCUT2D eigenvalue weighted by Gasteiger charge is 2.19. The normalized spacial score (nSPS) is 15.7. The molecule has 0 unspecified atom stereocenters. The second-order valence-electron chi connectivity index (χ2n) is 7.85. The van der Waals surface area contributed by atoms with Gasteiger partial charge < -0.3 is 19.9 Å². The minimum absolute atomic E-state index is 0.127. The lowest BCUT2D eigenvalue weighted by molar-refractivity contribution is -0.122. The summed E-state index contributed by atoms with van der Waals surface area (Å²) in [4.78, 5) is 17.5. The van der Waals surface area contributed by atoms with Gasteiger partial charge in [0.05, 0.1) is 0 Å².